The van der Waals surface area contributed by atoms with Crippen LogP contribution in [0.2, 0.25) is 0 Å². The van der Waals surface area contributed by atoms with E-state index in [2.05, 4.69) is 4.98 Å². The van der Waals surface area contributed by atoms with Gasteiger partial charge in [-0.05, 0) is 0 Å². The summed E-state index contributed by atoms with van der Waals surface area (Å²) < 4.78 is 24.4. The van der Waals surface area contributed by atoms with Crippen molar-refractivity contribution < 1.29 is 18.8 Å². The average Bonchev–Trinajstić information content (AvgIpc) is 2.16. The van der Waals surface area contributed by atoms with Gasteiger partial charge in [0.15, 0.2) is 11.3 Å². The molecule has 0 aliphatic rings. The number of hydrogen-bond acceptors (Lipinski definition) is 5. The molecule has 1 rings (SSSR count). The number of aromatic hydroxyl groups is 1. The first-order chi connectivity index (χ1) is 6.99. The fourth-order valence-electron chi connectivity index (χ4n) is 0.914. The first-order valence-corrected chi connectivity index (χ1v) is 3.53. The van der Waals surface area contributed by atoms with Gasteiger partial charge in [-0.15, -0.1) is 0 Å². The molecule has 0 radical (unpaired) electrons. The smallest absolute Gasteiger partial charge is 0.309 e. The Hall–Kier alpha value is -2.30. The van der Waals surface area contributed by atoms with Gasteiger partial charge in [-0.3, -0.25) is 10.1 Å². The standard InChI is InChI=1S/C7H3F2N3O3/c8-7(9)5-6(13)3(1-10)4(2-11-5)12(14)15/h2,7,13H. The Morgan fingerprint density at radius 1 is 1.67 bits per heavy atom. The van der Waals surface area contributed by atoms with Crippen molar-refractivity contribution in [3.63, 3.8) is 0 Å². The van der Waals surface area contributed by atoms with E-state index in [1.807, 2.05) is 0 Å². The summed E-state index contributed by atoms with van der Waals surface area (Å²) in [5.74, 6) is -1.15. The number of nitro groups is 1. The highest BCUT2D eigenvalue weighted by atomic mass is 19.3. The Balaban J connectivity index is 3.48. The molecule has 1 aromatic rings. The second kappa shape index (κ2) is 3.83. The lowest BCUT2D eigenvalue weighted by Crippen LogP contribution is -1.99. The number of alkyl halides is 2. The van der Waals surface area contributed by atoms with E-state index in [4.69, 9.17) is 10.4 Å². The molecule has 6 nitrogen and oxygen atoms in total. The van der Waals surface area contributed by atoms with Gasteiger partial charge in [0.25, 0.3) is 6.43 Å². The van der Waals surface area contributed by atoms with E-state index in [0.29, 0.717) is 6.20 Å². The van der Waals surface area contributed by atoms with Gasteiger partial charge in [-0.25, -0.2) is 13.8 Å². The minimum Gasteiger partial charge on any atom is -0.504 e. The van der Waals surface area contributed by atoms with E-state index < -0.39 is 34.0 Å². The fourth-order valence-corrected chi connectivity index (χ4v) is 0.914. The lowest BCUT2D eigenvalue weighted by Gasteiger charge is -2.03. The normalized spacial score (nSPS) is 10.0. The first-order valence-electron chi connectivity index (χ1n) is 3.53. The van der Waals surface area contributed by atoms with E-state index >= 15 is 0 Å². The number of nitriles is 1. The molecule has 78 valence electrons. The highest BCUT2D eigenvalue weighted by molar-refractivity contribution is 5.57. The summed E-state index contributed by atoms with van der Waals surface area (Å²) >= 11 is 0. The molecule has 15 heavy (non-hydrogen) atoms. The number of hydrogen-bond donors (Lipinski definition) is 1. The number of halogens is 2. The second-order valence-corrected chi connectivity index (χ2v) is 2.42. The Morgan fingerprint density at radius 3 is 2.67 bits per heavy atom. The highest BCUT2D eigenvalue weighted by Crippen LogP contribution is 2.33. The maximum Gasteiger partial charge on any atom is 0.309 e. The third-order valence-corrected chi connectivity index (χ3v) is 1.58. The number of pyridine rings is 1. The van der Waals surface area contributed by atoms with Crippen LogP contribution in [0.1, 0.15) is 17.7 Å². The van der Waals surface area contributed by atoms with E-state index in [1.165, 1.54) is 6.07 Å². The summed E-state index contributed by atoms with van der Waals surface area (Å²) in [6.45, 7) is 0. The van der Waals surface area contributed by atoms with E-state index in [9.17, 15) is 18.9 Å². The van der Waals surface area contributed by atoms with Crippen LogP contribution in [-0.2, 0) is 0 Å². The Bertz CT molecular complexity index is 456. The summed E-state index contributed by atoms with van der Waals surface area (Å²) in [5.41, 5.74) is -2.66. The van der Waals surface area contributed by atoms with Gasteiger partial charge in [0.1, 0.15) is 18.0 Å². The molecule has 1 aromatic heterocycles. The van der Waals surface area contributed by atoms with Crippen LogP contribution < -0.4 is 0 Å². The molecule has 0 aliphatic carbocycles. The Labute approximate surface area is 81.6 Å². The lowest BCUT2D eigenvalue weighted by molar-refractivity contribution is -0.385. The second-order valence-electron chi connectivity index (χ2n) is 2.42. The van der Waals surface area contributed by atoms with Gasteiger partial charge in [0.05, 0.1) is 4.92 Å². The zero-order valence-electron chi connectivity index (χ0n) is 7.02. The van der Waals surface area contributed by atoms with Crippen molar-refractivity contribution >= 4 is 5.69 Å². The van der Waals surface area contributed by atoms with Gasteiger partial charge >= 0.3 is 5.69 Å². The summed E-state index contributed by atoms with van der Waals surface area (Å²) in [7, 11) is 0. The van der Waals surface area contributed by atoms with Crippen molar-refractivity contribution in [2.75, 3.05) is 0 Å². The third kappa shape index (κ3) is 1.80. The SMILES string of the molecule is N#Cc1c([N+](=O)[O-])cnc(C(F)F)c1O. The summed E-state index contributed by atoms with van der Waals surface area (Å²) in [6, 6.07) is 1.28. The minimum absolute atomic E-state index is 0.514. The molecule has 1 N–H and O–H groups in total. The summed E-state index contributed by atoms with van der Waals surface area (Å²) in [5, 5.41) is 27.9. The topological polar surface area (TPSA) is 100 Å². The Kier molecular flexibility index (Phi) is 2.75. The van der Waals surface area contributed by atoms with Gasteiger partial charge in [0.2, 0.25) is 0 Å². The van der Waals surface area contributed by atoms with E-state index in [0.717, 1.165) is 0 Å². The number of aromatic nitrogens is 1. The average molecular weight is 215 g/mol. The van der Waals surface area contributed by atoms with Crippen LogP contribution in [0.25, 0.3) is 0 Å². The zero-order valence-corrected chi connectivity index (χ0v) is 7.02. The molecule has 0 saturated heterocycles. The van der Waals surface area contributed by atoms with Crippen molar-refractivity contribution in [2.45, 2.75) is 6.43 Å². The molecule has 0 spiro atoms. The van der Waals surface area contributed by atoms with Gasteiger partial charge in [-0.1, -0.05) is 0 Å². The van der Waals surface area contributed by atoms with Crippen LogP contribution in [0.5, 0.6) is 5.75 Å². The molecule has 1 heterocycles. The molecule has 0 atom stereocenters. The summed E-state index contributed by atoms with van der Waals surface area (Å²) in [6.07, 6.45) is -2.59. The van der Waals surface area contributed by atoms with E-state index in [-0.39, 0.29) is 0 Å². The monoisotopic (exact) mass is 215 g/mol. The predicted molar refractivity (Wildman–Crippen MR) is 42.2 cm³/mol. The first kappa shape index (κ1) is 10.8. The molecule has 0 aromatic carbocycles. The Morgan fingerprint density at radius 2 is 2.27 bits per heavy atom. The quantitative estimate of drug-likeness (QED) is 0.595. The van der Waals surface area contributed by atoms with Crippen LogP contribution in [0, 0.1) is 21.4 Å². The zero-order chi connectivity index (χ0) is 11.6. The van der Waals surface area contributed by atoms with E-state index in [1.54, 1.807) is 0 Å². The number of rotatable bonds is 2. The molecular formula is C7H3F2N3O3. The van der Waals surface area contributed by atoms with Gasteiger partial charge in [-0.2, -0.15) is 5.26 Å². The van der Waals surface area contributed by atoms with Crippen molar-refractivity contribution in [1.82, 2.24) is 4.98 Å². The van der Waals surface area contributed by atoms with Crippen molar-refractivity contribution in [3.05, 3.63) is 27.6 Å². The van der Waals surface area contributed by atoms with Crippen molar-refractivity contribution in [1.29, 1.82) is 5.26 Å². The molecule has 0 bridgehead atoms. The fraction of sp³-hybridized carbons (Fsp3) is 0.143. The van der Waals surface area contributed by atoms with Gasteiger partial charge in [0, 0.05) is 0 Å². The molecule has 0 aliphatic heterocycles. The number of nitrogens with zero attached hydrogens (tertiary/aromatic N) is 3. The third-order valence-electron chi connectivity index (χ3n) is 1.58. The van der Waals surface area contributed by atoms with Crippen LogP contribution in [0.15, 0.2) is 6.20 Å². The molecular weight excluding hydrogens is 212 g/mol. The maximum atomic E-state index is 12.2. The predicted octanol–water partition coefficient (Wildman–Crippen LogP) is 1.50. The van der Waals surface area contributed by atoms with Crippen LogP contribution in [0.4, 0.5) is 14.5 Å². The van der Waals surface area contributed by atoms with Crippen LogP contribution >= 0.6 is 0 Å². The largest absolute Gasteiger partial charge is 0.504 e. The highest BCUT2D eigenvalue weighted by Gasteiger charge is 2.25. The molecule has 0 amide bonds. The van der Waals surface area contributed by atoms with Crippen LogP contribution in [0.3, 0.4) is 0 Å². The maximum absolute atomic E-state index is 12.2. The molecule has 0 fully saturated rings. The molecule has 8 heteroatoms. The van der Waals surface area contributed by atoms with Crippen molar-refractivity contribution in [3.8, 4) is 11.8 Å². The van der Waals surface area contributed by atoms with Crippen molar-refractivity contribution in [2.24, 2.45) is 0 Å². The lowest BCUT2D eigenvalue weighted by atomic mass is 10.2. The molecule has 0 saturated carbocycles. The minimum atomic E-state index is -3.10. The molecule has 0 unspecified atom stereocenters. The van der Waals surface area contributed by atoms with Crippen LogP contribution in [-0.4, -0.2) is 15.0 Å². The summed E-state index contributed by atoms with van der Waals surface area (Å²) in [4.78, 5) is 12.4. The van der Waals surface area contributed by atoms with Gasteiger partial charge < -0.3 is 5.11 Å².